The van der Waals surface area contributed by atoms with Gasteiger partial charge >= 0.3 is 6.03 Å². The third kappa shape index (κ3) is 2.10. The lowest BCUT2D eigenvalue weighted by atomic mass is 10.0. The van der Waals surface area contributed by atoms with E-state index in [1.807, 2.05) is 12.1 Å². The molecule has 0 unspecified atom stereocenters. The lowest BCUT2D eigenvalue weighted by Gasteiger charge is -2.19. The van der Waals surface area contributed by atoms with Crippen LogP contribution in [0.1, 0.15) is 17.5 Å². The van der Waals surface area contributed by atoms with Crippen LogP contribution in [0, 0.1) is 0 Å². The molecule has 1 aromatic carbocycles. The van der Waals surface area contributed by atoms with Crippen LogP contribution in [0.5, 0.6) is 0 Å². The third-order valence-corrected chi connectivity index (χ3v) is 2.76. The van der Waals surface area contributed by atoms with Gasteiger partial charge in [-0.25, -0.2) is 10.6 Å². The maximum atomic E-state index is 11.4. The minimum Gasteiger partial charge on any atom is -0.319 e. The van der Waals surface area contributed by atoms with E-state index in [1.165, 1.54) is 11.1 Å². The molecule has 0 radical (unpaired) electrons. The first-order valence-electron chi connectivity index (χ1n) is 5.13. The number of nitrogens with zero attached hydrogens (tertiary/aromatic N) is 1. The Morgan fingerprint density at radius 2 is 2.07 bits per heavy atom. The molecular weight excluding hydrogens is 190 g/mol. The monoisotopic (exact) mass is 205 g/mol. The van der Waals surface area contributed by atoms with Gasteiger partial charge in [-0.15, -0.1) is 0 Å². The number of benzene rings is 1. The molecule has 0 saturated carbocycles. The molecule has 4 nitrogen and oxygen atoms in total. The molecule has 2 rings (SSSR count). The van der Waals surface area contributed by atoms with E-state index in [0.29, 0.717) is 6.54 Å². The van der Waals surface area contributed by atoms with Crippen LogP contribution in [0.4, 0.5) is 4.79 Å². The van der Waals surface area contributed by atoms with Gasteiger partial charge in [0.15, 0.2) is 0 Å². The Morgan fingerprint density at radius 3 is 2.80 bits per heavy atom. The van der Waals surface area contributed by atoms with Crippen molar-refractivity contribution in [3.63, 3.8) is 0 Å². The molecule has 15 heavy (non-hydrogen) atoms. The molecule has 1 aliphatic heterocycles. The second-order valence-electron chi connectivity index (χ2n) is 3.74. The van der Waals surface area contributed by atoms with Gasteiger partial charge in [0.1, 0.15) is 0 Å². The van der Waals surface area contributed by atoms with Crippen LogP contribution >= 0.6 is 0 Å². The van der Waals surface area contributed by atoms with Gasteiger partial charge in [-0.2, -0.15) is 0 Å². The van der Waals surface area contributed by atoms with E-state index in [4.69, 9.17) is 5.84 Å². The molecule has 4 heteroatoms. The Labute approximate surface area is 89.0 Å². The molecule has 1 aliphatic rings. The van der Waals surface area contributed by atoms with Gasteiger partial charge < -0.3 is 4.90 Å². The van der Waals surface area contributed by atoms with Gasteiger partial charge in [0.25, 0.3) is 0 Å². The van der Waals surface area contributed by atoms with Crippen LogP contribution < -0.4 is 11.3 Å². The molecule has 2 amide bonds. The van der Waals surface area contributed by atoms with Crippen molar-refractivity contribution in [2.24, 2.45) is 5.84 Å². The van der Waals surface area contributed by atoms with Crippen molar-refractivity contribution >= 4 is 6.03 Å². The molecule has 0 saturated heterocycles. The highest BCUT2D eigenvalue weighted by Gasteiger charge is 2.17. The first kappa shape index (κ1) is 9.98. The fraction of sp³-hybridized carbons (Fsp3) is 0.364. The average molecular weight is 205 g/mol. The van der Waals surface area contributed by atoms with Gasteiger partial charge in [0.05, 0.1) is 0 Å². The van der Waals surface area contributed by atoms with Crippen molar-refractivity contribution in [2.75, 3.05) is 6.54 Å². The summed E-state index contributed by atoms with van der Waals surface area (Å²) in [6, 6.07) is 8.03. The maximum absolute atomic E-state index is 11.4. The van der Waals surface area contributed by atoms with Crippen LogP contribution in [0.2, 0.25) is 0 Å². The van der Waals surface area contributed by atoms with Gasteiger partial charge in [-0.1, -0.05) is 24.3 Å². The van der Waals surface area contributed by atoms with Gasteiger partial charge in [-0.05, 0) is 24.0 Å². The number of hydrogen-bond donors (Lipinski definition) is 2. The van der Waals surface area contributed by atoms with E-state index in [1.54, 1.807) is 4.90 Å². The molecule has 0 spiro atoms. The predicted octanol–water partition coefficient (Wildman–Crippen LogP) is 1.02. The second-order valence-corrected chi connectivity index (χ2v) is 3.74. The number of urea groups is 1. The Hall–Kier alpha value is -1.55. The van der Waals surface area contributed by atoms with Crippen molar-refractivity contribution in [1.29, 1.82) is 0 Å². The quantitative estimate of drug-likeness (QED) is 0.377. The minimum absolute atomic E-state index is 0.202. The van der Waals surface area contributed by atoms with Crippen molar-refractivity contribution in [2.45, 2.75) is 19.4 Å². The SMILES string of the molecule is NNC(=O)N1CCCc2ccccc2C1. The van der Waals surface area contributed by atoms with Crippen LogP contribution in [0.3, 0.4) is 0 Å². The summed E-state index contributed by atoms with van der Waals surface area (Å²) in [6.45, 7) is 1.41. The summed E-state index contributed by atoms with van der Waals surface area (Å²) < 4.78 is 0. The molecule has 1 heterocycles. The van der Waals surface area contributed by atoms with E-state index in [-0.39, 0.29) is 6.03 Å². The molecule has 0 aliphatic carbocycles. The third-order valence-electron chi connectivity index (χ3n) is 2.76. The fourth-order valence-electron chi connectivity index (χ4n) is 1.97. The first-order chi connectivity index (χ1) is 7.31. The van der Waals surface area contributed by atoms with E-state index in [2.05, 4.69) is 17.6 Å². The van der Waals surface area contributed by atoms with E-state index >= 15 is 0 Å². The second kappa shape index (κ2) is 4.31. The zero-order valence-electron chi connectivity index (χ0n) is 8.57. The standard InChI is InChI=1S/C11H15N3O/c12-13-11(15)14-7-3-6-9-4-1-2-5-10(9)8-14/h1-2,4-5H,3,6-8,12H2,(H,13,15). The lowest BCUT2D eigenvalue weighted by Crippen LogP contribution is -2.43. The number of hydrogen-bond acceptors (Lipinski definition) is 2. The summed E-state index contributed by atoms with van der Waals surface area (Å²) in [5.41, 5.74) is 4.74. The highest BCUT2D eigenvalue weighted by atomic mass is 16.2. The van der Waals surface area contributed by atoms with Crippen LogP contribution in [-0.4, -0.2) is 17.5 Å². The summed E-state index contributed by atoms with van der Waals surface area (Å²) in [6.07, 6.45) is 2.02. The summed E-state index contributed by atoms with van der Waals surface area (Å²) >= 11 is 0. The topological polar surface area (TPSA) is 58.4 Å². The highest BCUT2D eigenvalue weighted by Crippen LogP contribution is 2.17. The largest absolute Gasteiger partial charge is 0.331 e. The first-order valence-corrected chi connectivity index (χ1v) is 5.13. The number of rotatable bonds is 0. The normalized spacial score (nSPS) is 15.4. The number of amides is 2. The van der Waals surface area contributed by atoms with Crippen LogP contribution in [-0.2, 0) is 13.0 Å². The molecule has 80 valence electrons. The van der Waals surface area contributed by atoms with E-state index in [0.717, 1.165) is 19.4 Å². The van der Waals surface area contributed by atoms with Crippen molar-refractivity contribution in [3.8, 4) is 0 Å². The molecule has 0 atom stereocenters. The number of nitrogens with two attached hydrogens (primary N) is 1. The molecule has 1 aromatic rings. The Morgan fingerprint density at radius 1 is 1.33 bits per heavy atom. The van der Waals surface area contributed by atoms with Crippen molar-refractivity contribution < 1.29 is 4.79 Å². The van der Waals surface area contributed by atoms with Gasteiger partial charge in [0.2, 0.25) is 0 Å². The summed E-state index contributed by atoms with van der Waals surface area (Å²) in [4.78, 5) is 13.2. The van der Waals surface area contributed by atoms with Crippen LogP contribution in [0.25, 0.3) is 0 Å². The zero-order valence-corrected chi connectivity index (χ0v) is 8.57. The Bertz CT molecular complexity index is 365. The maximum Gasteiger partial charge on any atom is 0.331 e. The molecular formula is C11H15N3O. The van der Waals surface area contributed by atoms with E-state index in [9.17, 15) is 4.79 Å². The number of fused-ring (bicyclic) bond motifs is 1. The summed E-state index contributed by atoms with van der Waals surface area (Å²) in [5, 5.41) is 0. The number of aryl methyl sites for hydroxylation is 1. The average Bonchev–Trinajstić information content (AvgIpc) is 2.49. The predicted molar refractivity (Wildman–Crippen MR) is 57.9 cm³/mol. The van der Waals surface area contributed by atoms with Gasteiger partial charge in [0, 0.05) is 13.1 Å². The number of carbonyl (C=O) groups excluding carboxylic acids is 1. The molecule has 3 N–H and O–H groups in total. The fourth-order valence-corrected chi connectivity index (χ4v) is 1.97. The lowest BCUT2D eigenvalue weighted by molar-refractivity contribution is 0.196. The number of hydrazine groups is 1. The van der Waals surface area contributed by atoms with Gasteiger partial charge in [-0.3, -0.25) is 5.43 Å². The number of nitrogens with one attached hydrogen (secondary N) is 1. The highest BCUT2D eigenvalue weighted by molar-refractivity contribution is 5.73. The minimum atomic E-state index is -0.202. The molecule has 0 aromatic heterocycles. The molecule has 0 bridgehead atoms. The molecule has 0 fully saturated rings. The Balaban J connectivity index is 2.21. The van der Waals surface area contributed by atoms with Crippen LogP contribution in [0.15, 0.2) is 24.3 Å². The van der Waals surface area contributed by atoms with Crippen molar-refractivity contribution in [3.05, 3.63) is 35.4 Å². The number of carbonyl (C=O) groups is 1. The van der Waals surface area contributed by atoms with E-state index < -0.39 is 0 Å². The summed E-state index contributed by atoms with van der Waals surface area (Å²) in [7, 11) is 0. The summed E-state index contributed by atoms with van der Waals surface area (Å²) in [5.74, 6) is 5.13. The smallest absolute Gasteiger partial charge is 0.319 e. The van der Waals surface area contributed by atoms with Crippen molar-refractivity contribution in [1.82, 2.24) is 10.3 Å². The Kier molecular flexibility index (Phi) is 2.87. The zero-order chi connectivity index (χ0) is 10.7.